The van der Waals surface area contributed by atoms with Crippen LogP contribution in [0.1, 0.15) is 0 Å². The molecule has 3 rings (SSSR count). The summed E-state index contributed by atoms with van der Waals surface area (Å²) in [6, 6.07) is 10.4. The van der Waals surface area contributed by atoms with E-state index in [9.17, 15) is 0 Å². The SMILES string of the molecule is Cn1ccn([Si](c2ccccc2)n2ccn(C)c2=S)c1=S. The molecule has 3 aromatic rings. The van der Waals surface area contributed by atoms with Crippen LogP contribution in [0, 0.1) is 9.54 Å². The third-order valence-electron chi connectivity index (χ3n) is 3.38. The predicted molar refractivity (Wildman–Crippen MR) is 91.1 cm³/mol. The average Bonchev–Trinajstić information content (AvgIpc) is 2.99. The van der Waals surface area contributed by atoms with Crippen molar-refractivity contribution in [1.29, 1.82) is 0 Å². The first-order valence-corrected chi connectivity index (χ1v) is 8.72. The van der Waals surface area contributed by atoms with Gasteiger partial charge in [0.2, 0.25) is 0 Å². The first kappa shape index (κ1) is 14.2. The number of aryl methyl sites for hydroxylation is 2. The number of hydrogen-bond donors (Lipinski definition) is 0. The number of hydrogen-bond acceptors (Lipinski definition) is 2. The van der Waals surface area contributed by atoms with Gasteiger partial charge in [-0.2, -0.15) is 0 Å². The molecule has 2 aromatic heterocycles. The van der Waals surface area contributed by atoms with Crippen LogP contribution in [-0.2, 0) is 14.1 Å². The highest BCUT2D eigenvalue weighted by Crippen LogP contribution is 2.04. The van der Waals surface area contributed by atoms with E-state index in [1.54, 1.807) is 0 Å². The van der Waals surface area contributed by atoms with E-state index < -0.39 is 9.12 Å². The maximum absolute atomic E-state index is 5.55. The second-order valence-electron chi connectivity index (χ2n) is 4.81. The van der Waals surface area contributed by atoms with E-state index in [2.05, 4.69) is 32.7 Å². The van der Waals surface area contributed by atoms with Crippen molar-refractivity contribution in [2.24, 2.45) is 14.1 Å². The molecule has 0 saturated carbocycles. The van der Waals surface area contributed by atoms with Crippen LogP contribution in [-0.4, -0.2) is 26.7 Å². The lowest BCUT2D eigenvalue weighted by Crippen LogP contribution is -2.45. The Kier molecular flexibility index (Phi) is 3.79. The zero-order valence-electron chi connectivity index (χ0n) is 11.8. The minimum atomic E-state index is -1.31. The quantitative estimate of drug-likeness (QED) is 0.542. The Labute approximate surface area is 135 Å². The van der Waals surface area contributed by atoms with Crippen molar-refractivity contribution in [1.82, 2.24) is 17.6 Å². The molecule has 7 heteroatoms. The molecule has 21 heavy (non-hydrogen) atoms. The highest BCUT2D eigenvalue weighted by atomic mass is 32.1. The van der Waals surface area contributed by atoms with E-state index in [1.807, 2.05) is 54.1 Å². The molecule has 0 saturated heterocycles. The molecular formula is C14H15N4S2Si. The Hall–Kier alpha value is -1.70. The van der Waals surface area contributed by atoms with Gasteiger partial charge in [0.1, 0.15) is 0 Å². The lowest BCUT2D eigenvalue weighted by molar-refractivity contribution is 0.857. The summed E-state index contributed by atoms with van der Waals surface area (Å²) in [7, 11) is 2.62. The molecule has 0 aliphatic carbocycles. The number of aromatic nitrogens is 4. The van der Waals surface area contributed by atoms with Crippen LogP contribution in [0.3, 0.4) is 0 Å². The Morgan fingerprint density at radius 3 is 1.62 bits per heavy atom. The first-order chi connectivity index (χ1) is 10.1. The third kappa shape index (κ3) is 2.48. The van der Waals surface area contributed by atoms with E-state index in [1.165, 1.54) is 5.19 Å². The molecule has 107 valence electrons. The second kappa shape index (κ2) is 5.59. The Bertz CT molecular complexity index is 818. The van der Waals surface area contributed by atoms with E-state index in [4.69, 9.17) is 24.4 Å². The molecule has 1 aromatic carbocycles. The Balaban J connectivity index is 2.26. The molecule has 0 bridgehead atoms. The minimum Gasteiger partial charge on any atom is -0.328 e. The summed E-state index contributed by atoms with van der Waals surface area (Å²) in [5, 5.41) is 1.24. The van der Waals surface area contributed by atoms with Crippen molar-refractivity contribution in [3.8, 4) is 0 Å². The van der Waals surface area contributed by atoms with Gasteiger partial charge < -0.3 is 17.6 Å². The largest absolute Gasteiger partial charge is 0.348 e. The fraction of sp³-hybridized carbons (Fsp3) is 0.143. The van der Waals surface area contributed by atoms with Gasteiger partial charge in [-0.15, -0.1) is 0 Å². The monoisotopic (exact) mass is 331 g/mol. The van der Waals surface area contributed by atoms with Crippen molar-refractivity contribution >= 4 is 38.7 Å². The number of benzene rings is 1. The normalized spacial score (nSPS) is 11.2. The number of imidazole rings is 2. The second-order valence-corrected chi connectivity index (χ2v) is 7.73. The van der Waals surface area contributed by atoms with E-state index in [0.717, 1.165) is 9.54 Å². The Morgan fingerprint density at radius 1 is 0.762 bits per heavy atom. The van der Waals surface area contributed by atoms with Gasteiger partial charge in [0.15, 0.2) is 9.54 Å². The minimum absolute atomic E-state index is 0.804. The van der Waals surface area contributed by atoms with Crippen molar-refractivity contribution in [2.45, 2.75) is 0 Å². The number of nitrogens with zero attached hydrogens (tertiary/aromatic N) is 4. The fourth-order valence-electron chi connectivity index (χ4n) is 2.23. The molecule has 1 radical (unpaired) electrons. The van der Waals surface area contributed by atoms with Crippen LogP contribution >= 0.6 is 24.4 Å². The number of rotatable bonds is 3. The standard InChI is InChI=1S/C14H15N4S2Si/c1-15-8-10-17(13(15)19)21(12-6-4-3-5-7-12)18-11-9-16(2)14(18)20/h3-11H,1-2H3. The summed E-state index contributed by atoms with van der Waals surface area (Å²) in [6.45, 7) is 0. The van der Waals surface area contributed by atoms with Gasteiger partial charge in [0.05, 0.1) is 0 Å². The molecule has 0 aliphatic rings. The molecule has 2 heterocycles. The van der Waals surface area contributed by atoms with Crippen molar-refractivity contribution in [3.63, 3.8) is 0 Å². The molecule has 0 amide bonds. The van der Waals surface area contributed by atoms with Crippen LogP contribution in [0.15, 0.2) is 55.1 Å². The van der Waals surface area contributed by atoms with Crippen molar-refractivity contribution in [3.05, 3.63) is 64.7 Å². The summed E-state index contributed by atoms with van der Waals surface area (Å²) < 4.78 is 9.83. The van der Waals surface area contributed by atoms with Crippen LogP contribution < -0.4 is 5.19 Å². The maximum Gasteiger partial charge on any atom is 0.348 e. The summed E-state index contributed by atoms with van der Waals surface area (Å²) in [5.41, 5.74) is 0. The van der Waals surface area contributed by atoms with Gasteiger partial charge in [-0.3, -0.25) is 0 Å². The highest BCUT2D eigenvalue weighted by Gasteiger charge is 2.23. The lowest BCUT2D eigenvalue weighted by Gasteiger charge is -2.17. The summed E-state index contributed by atoms with van der Waals surface area (Å²) in [6.07, 6.45) is 8.06. The molecular weight excluding hydrogens is 316 g/mol. The van der Waals surface area contributed by atoms with E-state index in [0.29, 0.717) is 0 Å². The van der Waals surface area contributed by atoms with Gasteiger partial charge in [-0.25, -0.2) is 0 Å². The zero-order chi connectivity index (χ0) is 15.0. The van der Waals surface area contributed by atoms with Crippen molar-refractivity contribution in [2.75, 3.05) is 0 Å². The van der Waals surface area contributed by atoms with Crippen LogP contribution in [0.2, 0.25) is 0 Å². The summed E-state index contributed by atoms with van der Waals surface area (Å²) >= 11 is 11.1. The lowest BCUT2D eigenvalue weighted by atomic mass is 10.4. The van der Waals surface area contributed by atoms with Crippen LogP contribution in [0.25, 0.3) is 0 Å². The van der Waals surface area contributed by atoms with E-state index >= 15 is 0 Å². The molecule has 4 nitrogen and oxygen atoms in total. The van der Waals surface area contributed by atoms with Gasteiger partial charge in [-0.05, 0) is 29.6 Å². The van der Waals surface area contributed by atoms with Gasteiger partial charge in [-0.1, -0.05) is 30.3 Å². The zero-order valence-corrected chi connectivity index (χ0v) is 14.4. The van der Waals surface area contributed by atoms with Gasteiger partial charge >= 0.3 is 9.12 Å². The highest BCUT2D eigenvalue weighted by molar-refractivity contribution is 7.71. The van der Waals surface area contributed by atoms with E-state index in [-0.39, 0.29) is 0 Å². The van der Waals surface area contributed by atoms with Gasteiger partial charge in [0.25, 0.3) is 0 Å². The Morgan fingerprint density at radius 2 is 1.24 bits per heavy atom. The molecule has 0 N–H and O–H groups in total. The maximum atomic E-state index is 5.55. The van der Waals surface area contributed by atoms with Crippen molar-refractivity contribution < 1.29 is 0 Å². The first-order valence-electron chi connectivity index (χ1n) is 6.50. The third-order valence-corrected chi connectivity index (χ3v) is 7.16. The topological polar surface area (TPSA) is 19.7 Å². The molecule has 0 unspecified atom stereocenters. The smallest absolute Gasteiger partial charge is 0.328 e. The molecule has 0 atom stereocenters. The molecule has 0 aliphatic heterocycles. The summed E-state index contributed by atoms with van der Waals surface area (Å²) in [4.78, 5) is 0. The van der Waals surface area contributed by atoms with Crippen LogP contribution in [0.5, 0.6) is 0 Å². The average molecular weight is 332 g/mol. The molecule has 0 spiro atoms. The predicted octanol–water partition coefficient (Wildman–Crippen LogP) is 2.22. The van der Waals surface area contributed by atoms with Gasteiger partial charge in [0, 0.05) is 38.9 Å². The summed E-state index contributed by atoms with van der Waals surface area (Å²) in [5.74, 6) is 0. The fourth-order valence-corrected chi connectivity index (χ4v) is 5.37. The molecule has 0 fully saturated rings. The van der Waals surface area contributed by atoms with Crippen LogP contribution in [0.4, 0.5) is 0 Å².